The second-order valence-electron chi connectivity index (χ2n) is 5.59. The zero-order chi connectivity index (χ0) is 19.9. The Hall–Kier alpha value is -2.72. The number of sulfonamides is 1. The van der Waals surface area contributed by atoms with Crippen LogP contribution in [0.3, 0.4) is 0 Å². The number of nitro groups is 1. The van der Waals surface area contributed by atoms with Crippen molar-refractivity contribution >= 4 is 27.2 Å². The summed E-state index contributed by atoms with van der Waals surface area (Å²) in [6.45, 7) is 4.94. The third kappa shape index (κ3) is 5.14. The number of nitrogens with one attached hydrogen (secondary N) is 2. The fourth-order valence-electron chi connectivity index (χ4n) is 2.54. The molecule has 0 aliphatic heterocycles. The normalized spacial score (nSPS) is 11.4. The first-order chi connectivity index (χ1) is 12.9. The molecule has 0 aliphatic carbocycles. The van der Waals surface area contributed by atoms with Crippen LogP contribution in [0, 0.1) is 10.1 Å². The van der Waals surface area contributed by atoms with Crippen LogP contribution < -0.4 is 10.6 Å². The summed E-state index contributed by atoms with van der Waals surface area (Å²) in [6, 6.07) is 9.38. The van der Waals surface area contributed by atoms with Crippen LogP contribution in [0.25, 0.3) is 0 Å². The zero-order valence-corrected chi connectivity index (χ0v) is 16.1. The number of benzene rings is 1. The lowest BCUT2D eigenvalue weighted by molar-refractivity contribution is -0.384. The predicted octanol–water partition coefficient (Wildman–Crippen LogP) is 2.54. The van der Waals surface area contributed by atoms with Crippen LogP contribution in [0.4, 0.5) is 17.2 Å². The molecule has 146 valence electrons. The molecule has 10 heteroatoms. The van der Waals surface area contributed by atoms with Crippen molar-refractivity contribution in [3.8, 4) is 0 Å². The molecule has 0 saturated heterocycles. The number of rotatable bonds is 10. The molecule has 0 spiro atoms. The Kier molecular flexibility index (Phi) is 7.08. The van der Waals surface area contributed by atoms with Gasteiger partial charge < -0.3 is 10.6 Å². The number of anilines is 2. The van der Waals surface area contributed by atoms with E-state index >= 15 is 0 Å². The Morgan fingerprint density at radius 2 is 1.81 bits per heavy atom. The maximum atomic E-state index is 12.6. The highest BCUT2D eigenvalue weighted by molar-refractivity contribution is 7.89. The fourth-order valence-corrected chi connectivity index (χ4v) is 4.02. The van der Waals surface area contributed by atoms with E-state index in [0.29, 0.717) is 32.0 Å². The van der Waals surface area contributed by atoms with Crippen LogP contribution in [0.1, 0.15) is 13.8 Å². The maximum Gasteiger partial charge on any atom is 0.293 e. The highest BCUT2D eigenvalue weighted by Crippen LogP contribution is 2.28. The number of hydrogen-bond acceptors (Lipinski definition) is 7. The molecule has 0 amide bonds. The van der Waals surface area contributed by atoms with E-state index in [-0.39, 0.29) is 16.3 Å². The molecule has 1 heterocycles. The van der Waals surface area contributed by atoms with Crippen molar-refractivity contribution in [1.82, 2.24) is 9.29 Å². The van der Waals surface area contributed by atoms with Crippen LogP contribution >= 0.6 is 0 Å². The average molecular weight is 393 g/mol. The predicted molar refractivity (Wildman–Crippen MR) is 104 cm³/mol. The third-order valence-electron chi connectivity index (χ3n) is 3.92. The largest absolute Gasteiger partial charge is 0.378 e. The lowest BCUT2D eigenvalue weighted by Crippen LogP contribution is -2.30. The first kappa shape index (κ1) is 20.6. The van der Waals surface area contributed by atoms with Gasteiger partial charge in [0.2, 0.25) is 10.0 Å². The number of aromatic nitrogens is 1. The van der Waals surface area contributed by atoms with Gasteiger partial charge >= 0.3 is 0 Å². The average Bonchev–Trinajstić information content (AvgIpc) is 2.66. The van der Waals surface area contributed by atoms with Gasteiger partial charge in [-0.25, -0.2) is 13.4 Å². The first-order valence-corrected chi connectivity index (χ1v) is 10.0. The summed E-state index contributed by atoms with van der Waals surface area (Å²) in [5.41, 5.74) is -0.0117. The molecule has 1 aromatic heterocycles. The highest BCUT2D eigenvalue weighted by atomic mass is 32.2. The van der Waals surface area contributed by atoms with E-state index < -0.39 is 14.9 Å². The lowest BCUT2D eigenvalue weighted by atomic mass is 10.2. The Morgan fingerprint density at radius 3 is 2.41 bits per heavy atom. The summed E-state index contributed by atoms with van der Waals surface area (Å²) in [4.78, 5) is 14.8. The van der Waals surface area contributed by atoms with Crippen molar-refractivity contribution in [2.75, 3.05) is 36.8 Å². The minimum Gasteiger partial charge on any atom is -0.378 e. The van der Waals surface area contributed by atoms with E-state index in [1.54, 1.807) is 26.1 Å². The van der Waals surface area contributed by atoms with E-state index in [4.69, 9.17) is 0 Å². The van der Waals surface area contributed by atoms with Crippen LogP contribution in [-0.2, 0) is 10.0 Å². The van der Waals surface area contributed by atoms with Crippen LogP contribution in [0.15, 0.2) is 47.5 Å². The molecule has 0 unspecified atom stereocenters. The van der Waals surface area contributed by atoms with Crippen molar-refractivity contribution in [3.63, 3.8) is 0 Å². The van der Waals surface area contributed by atoms with Crippen molar-refractivity contribution in [2.45, 2.75) is 18.7 Å². The van der Waals surface area contributed by atoms with E-state index in [0.717, 1.165) is 6.07 Å². The molecular formula is C17H23N5O4S. The monoisotopic (exact) mass is 393 g/mol. The minimum absolute atomic E-state index is 0.0879. The molecular weight excluding hydrogens is 370 g/mol. The minimum atomic E-state index is -3.75. The van der Waals surface area contributed by atoms with Gasteiger partial charge in [0.15, 0.2) is 0 Å². The molecule has 2 aromatic rings. The number of hydrogen-bond donors (Lipinski definition) is 2. The van der Waals surface area contributed by atoms with Gasteiger partial charge in [0.1, 0.15) is 11.5 Å². The molecule has 9 nitrogen and oxygen atoms in total. The second kappa shape index (κ2) is 9.28. The quantitative estimate of drug-likeness (QED) is 0.362. The van der Waals surface area contributed by atoms with Gasteiger partial charge in [0, 0.05) is 38.4 Å². The van der Waals surface area contributed by atoms with Crippen molar-refractivity contribution in [1.29, 1.82) is 0 Å². The zero-order valence-electron chi connectivity index (χ0n) is 15.3. The Morgan fingerprint density at radius 1 is 1.11 bits per heavy atom. The number of nitrogens with zero attached hydrogens (tertiary/aromatic N) is 3. The van der Waals surface area contributed by atoms with E-state index in [9.17, 15) is 18.5 Å². The van der Waals surface area contributed by atoms with Gasteiger partial charge in [-0.1, -0.05) is 19.9 Å². The van der Waals surface area contributed by atoms with Crippen molar-refractivity contribution in [2.24, 2.45) is 0 Å². The number of nitro benzene ring substituents is 1. The molecule has 0 fully saturated rings. The maximum absolute atomic E-state index is 12.6. The Bertz CT molecular complexity index is 870. The van der Waals surface area contributed by atoms with Gasteiger partial charge in [-0.05, 0) is 24.3 Å². The summed E-state index contributed by atoms with van der Waals surface area (Å²) in [5.74, 6) is 0.703. The summed E-state index contributed by atoms with van der Waals surface area (Å²) in [7, 11) is -3.75. The molecule has 2 rings (SSSR count). The summed E-state index contributed by atoms with van der Waals surface area (Å²) in [5, 5.41) is 17.4. The highest BCUT2D eigenvalue weighted by Gasteiger charge is 2.25. The fraction of sp³-hybridized carbons (Fsp3) is 0.353. The lowest BCUT2D eigenvalue weighted by Gasteiger charge is -2.18. The Balaban J connectivity index is 2.12. The standard InChI is InChI=1S/C17H23N5O4S/c1-3-21(4-2)27(25,26)14-8-9-15(16(13-14)22(23)24)18-11-12-20-17-7-5-6-10-19-17/h5-10,13,18H,3-4,11-12H2,1-2H3,(H,19,20). The second-order valence-corrected chi connectivity index (χ2v) is 7.53. The molecule has 0 atom stereocenters. The van der Waals surface area contributed by atoms with Crippen molar-refractivity contribution in [3.05, 3.63) is 52.7 Å². The SMILES string of the molecule is CCN(CC)S(=O)(=O)c1ccc(NCCNc2ccccn2)c([N+](=O)[O-])c1. The van der Waals surface area contributed by atoms with E-state index in [1.165, 1.54) is 16.4 Å². The van der Waals surface area contributed by atoms with Gasteiger partial charge in [-0.15, -0.1) is 0 Å². The summed E-state index contributed by atoms with van der Waals surface area (Å²) >= 11 is 0. The van der Waals surface area contributed by atoms with Crippen LogP contribution in [-0.4, -0.2) is 48.8 Å². The summed E-state index contributed by atoms with van der Waals surface area (Å²) < 4.78 is 26.4. The van der Waals surface area contributed by atoms with Gasteiger partial charge in [0.25, 0.3) is 5.69 Å². The number of pyridine rings is 1. The molecule has 27 heavy (non-hydrogen) atoms. The van der Waals surface area contributed by atoms with Crippen LogP contribution in [0.2, 0.25) is 0 Å². The molecule has 1 aromatic carbocycles. The third-order valence-corrected chi connectivity index (χ3v) is 5.97. The van der Waals surface area contributed by atoms with Gasteiger partial charge in [-0.3, -0.25) is 10.1 Å². The molecule has 0 saturated carbocycles. The molecule has 0 radical (unpaired) electrons. The van der Waals surface area contributed by atoms with E-state index in [2.05, 4.69) is 15.6 Å². The summed E-state index contributed by atoms with van der Waals surface area (Å²) in [6.07, 6.45) is 1.66. The molecule has 0 bridgehead atoms. The van der Waals surface area contributed by atoms with Gasteiger partial charge in [-0.2, -0.15) is 4.31 Å². The molecule has 0 aliphatic rings. The van der Waals surface area contributed by atoms with Crippen LogP contribution in [0.5, 0.6) is 0 Å². The Labute approximate surface area is 158 Å². The first-order valence-electron chi connectivity index (χ1n) is 8.57. The van der Waals surface area contributed by atoms with Crippen molar-refractivity contribution < 1.29 is 13.3 Å². The van der Waals surface area contributed by atoms with Gasteiger partial charge in [0.05, 0.1) is 9.82 Å². The molecule has 2 N–H and O–H groups in total. The topological polar surface area (TPSA) is 117 Å². The smallest absolute Gasteiger partial charge is 0.293 e. The van der Waals surface area contributed by atoms with E-state index in [1.807, 2.05) is 12.1 Å².